The molecule has 4 nitrogen and oxygen atoms in total. The predicted octanol–water partition coefficient (Wildman–Crippen LogP) is 16.2. The summed E-state index contributed by atoms with van der Waals surface area (Å²) in [6.45, 7) is 0. The molecule has 0 amide bonds. The molecule has 0 aliphatic carbocycles. The van der Waals surface area contributed by atoms with Gasteiger partial charge in [0.05, 0.1) is 33.1 Å². The van der Waals surface area contributed by atoms with E-state index in [-0.39, 0.29) is 0 Å². The minimum absolute atomic E-state index is 0.906. The zero-order valence-electron chi connectivity index (χ0n) is 34.6. The van der Waals surface area contributed by atoms with Crippen molar-refractivity contribution in [1.82, 2.24) is 13.7 Å². The zero-order chi connectivity index (χ0) is 41.9. The van der Waals surface area contributed by atoms with Crippen LogP contribution >= 0.6 is 0 Å². The van der Waals surface area contributed by atoms with Crippen molar-refractivity contribution in [3.8, 4) is 39.3 Å². The lowest BCUT2D eigenvalue weighted by Gasteiger charge is -2.12. The summed E-state index contributed by atoms with van der Waals surface area (Å²) in [5, 5.41) is 9.67. The molecule has 0 radical (unpaired) electrons. The molecular weight excluding hydrogens is 779 g/mol. The first-order chi connectivity index (χ1) is 31.8. The topological polar surface area (TPSA) is 27.9 Å². The number of para-hydroxylation sites is 5. The lowest BCUT2D eigenvalue weighted by molar-refractivity contribution is 0.671. The van der Waals surface area contributed by atoms with Crippen LogP contribution in [0.3, 0.4) is 0 Å². The molecule has 0 saturated carbocycles. The van der Waals surface area contributed by atoms with E-state index in [0.29, 0.717) is 0 Å². The van der Waals surface area contributed by atoms with Crippen LogP contribution in [0.2, 0.25) is 0 Å². The summed E-state index contributed by atoms with van der Waals surface area (Å²) in [7, 11) is 0. The molecule has 4 heterocycles. The van der Waals surface area contributed by atoms with Gasteiger partial charge in [-0.15, -0.1) is 0 Å². The zero-order valence-corrected chi connectivity index (χ0v) is 34.6. The van der Waals surface area contributed by atoms with E-state index in [9.17, 15) is 0 Å². The van der Waals surface area contributed by atoms with Gasteiger partial charge in [-0.05, 0) is 101 Å². The molecule has 0 N–H and O–H groups in total. The largest absolute Gasteiger partial charge is 0.454 e. The molecular formula is C60H37N3O. The molecule has 298 valence electrons. The van der Waals surface area contributed by atoms with Crippen LogP contribution < -0.4 is 0 Å². The van der Waals surface area contributed by atoms with Crippen molar-refractivity contribution in [2.75, 3.05) is 0 Å². The molecule has 0 spiro atoms. The second kappa shape index (κ2) is 13.4. The van der Waals surface area contributed by atoms with Crippen LogP contribution in [0.4, 0.5) is 0 Å². The standard InChI is InChI=1S/C60H37N3O/c1-2-13-41(14-3-1)62-52-20-8-4-15-45(52)47-34-29-40(37-56(47)62)44-19-12-23-55-58(44)51-18-6-10-22-54(51)61(55)42-30-25-38(26-31-42)39-27-32-43(33-28-39)63-53-21-9-5-16-46(53)49-35-36-50-48-17-7-11-24-57(48)64-60(50)59(49)63/h1-37H. The monoisotopic (exact) mass is 815 g/mol. The van der Waals surface area contributed by atoms with Gasteiger partial charge in [0.2, 0.25) is 0 Å². The number of nitrogens with zero attached hydrogens (tertiary/aromatic N) is 3. The Labute approximate surface area is 367 Å². The second-order valence-corrected chi connectivity index (χ2v) is 16.9. The third-order valence-corrected chi connectivity index (χ3v) is 13.5. The smallest absolute Gasteiger partial charge is 0.160 e. The summed E-state index contributed by atoms with van der Waals surface area (Å²) in [5.74, 6) is 0. The van der Waals surface area contributed by atoms with E-state index >= 15 is 0 Å². The van der Waals surface area contributed by atoms with Crippen LogP contribution in [-0.4, -0.2) is 13.7 Å². The van der Waals surface area contributed by atoms with Gasteiger partial charge in [-0.3, -0.25) is 0 Å². The first kappa shape index (κ1) is 35.0. The highest BCUT2D eigenvalue weighted by atomic mass is 16.3. The Balaban J connectivity index is 0.868. The Morgan fingerprint density at radius 1 is 0.281 bits per heavy atom. The summed E-state index contributed by atoms with van der Waals surface area (Å²) in [5.41, 5.74) is 17.0. The number of rotatable bonds is 5. The average Bonchev–Trinajstić information content (AvgIpc) is 4.11. The van der Waals surface area contributed by atoms with Crippen molar-refractivity contribution in [1.29, 1.82) is 0 Å². The number of furan rings is 1. The van der Waals surface area contributed by atoms with Crippen molar-refractivity contribution in [2.24, 2.45) is 0 Å². The summed E-state index contributed by atoms with van der Waals surface area (Å²) in [4.78, 5) is 0. The molecule has 0 aliphatic rings. The maximum atomic E-state index is 6.60. The van der Waals surface area contributed by atoms with Gasteiger partial charge in [0.15, 0.2) is 5.58 Å². The van der Waals surface area contributed by atoms with Gasteiger partial charge < -0.3 is 18.1 Å². The molecule has 0 atom stereocenters. The highest BCUT2D eigenvalue weighted by molar-refractivity contribution is 6.22. The lowest BCUT2D eigenvalue weighted by Crippen LogP contribution is -1.95. The maximum Gasteiger partial charge on any atom is 0.160 e. The molecule has 64 heavy (non-hydrogen) atoms. The van der Waals surface area contributed by atoms with Crippen LogP contribution in [-0.2, 0) is 0 Å². The normalized spacial score (nSPS) is 12.1. The Kier molecular flexibility index (Phi) is 7.36. The number of fused-ring (bicyclic) bond motifs is 13. The quantitative estimate of drug-likeness (QED) is 0.170. The summed E-state index contributed by atoms with van der Waals surface area (Å²) < 4.78 is 13.8. The van der Waals surface area contributed by atoms with Crippen molar-refractivity contribution < 1.29 is 4.42 Å². The van der Waals surface area contributed by atoms with Crippen LogP contribution in [0.25, 0.3) is 127 Å². The number of hydrogen-bond acceptors (Lipinski definition) is 1. The highest BCUT2D eigenvalue weighted by Gasteiger charge is 2.21. The van der Waals surface area contributed by atoms with E-state index in [1.54, 1.807) is 0 Å². The maximum absolute atomic E-state index is 6.60. The average molecular weight is 816 g/mol. The Morgan fingerprint density at radius 2 is 0.766 bits per heavy atom. The highest BCUT2D eigenvalue weighted by Crippen LogP contribution is 2.43. The molecule has 14 rings (SSSR count). The van der Waals surface area contributed by atoms with Crippen molar-refractivity contribution in [2.45, 2.75) is 0 Å². The van der Waals surface area contributed by atoms with Gasteiger partial charge in [0.1, 0.15) is 5.58 Å². The molecule has 0 unspecified atom stereocenters. The van der Waals surface area contributed by atoms with E-state index in [1.807, 2.05) is 6.07 Å². The SMILES string of the molecule is c1ccc(-n2c3ccccc3c3ccc(-c4cccc5c4c4ccccc4n5-c4ccc(-c5ccc(-n6c7ccccc7c7ccc8c9ccccc9oc8c76)cc5)cc4)cc32)cc1. The van der Waals surface area contributed by atoms with Crippen LogP contribution in [0.5, 0.6) is 0 Å². The summed E-state index contributed by atoms with van der Waals surface area (Å²) in [6, 6.07) is 81.4. The Bertz CT molecular complexity index is 4160. The van der Waals surface area contributed by atoms with Gasteiger partial charge in [0, 0.05) is 60.2 Å². The molecule has 0 aliphatic heterocycles. The lowest BCUT2D eigenvalue weighted by atomic mass is 9.98. The van der Waals surface area contributed by atoms with Crippen LogP contribution in [0.15, 0.2) is 229 Å². The molecule has 10 aromatic carbocycles. The first-order valence-corrected chi connectivity index (χ1v) is 21.9. The fraction of sp³-hybridized carbons (Fsp3) is 0. The van der Waals surface area contributed by atoms with Gasteiger partial charge >= 0.3 is 0 Å². The number of aromatic nitrogens is 3. The van der Waals surface area contributed by atoms with Crippen molar-refractivity contribution in [3.63, 3.8) is 0 Å². The number of benzene rings is 10. The molecule has 14 aromatic rings. The molecule has 4 heteroatoms. The van der Waals surface area contributed by atoms with Gasteiger partial charge in [-0.2, -0.15) is 0 Å². The van der Waals surface area contributed by atoms with Crippen molar-refractivity contribution in [3.05, 3.63) is 224 Å². The van der Waals surface area contributed by atoms with E-state index in [4.69, 9.17) is 4.42 Å². The molecule has 0 saturated heterocycles. The van der Waals surface area contributed by atoms with Crippen LogP contribution in [0, 0.1) is 0 Å². The van der Waals surface area contributed by atoms with Gasteiger partial charge in [-0.1, -0.05) is 146 Å². The predicted molar refractivity (Wildman–Crippen MR) is 268 cm³/mol. The minimum Gasteiger partial charge on any atom is -0.454 e. The van der Waals surface area contributed by atoms with Crippen LogP contribution in [0.1, 0.15) is 0 Å². The van der Waals surface area contributed by atoms with E-state index < -0.39 is 0 Å². The number of hydrogen-bond donors (Lipinski definition) is 0. The summed E-state index contributed by atoms with van der Waals surface area (Å²) >= 11 is 0. The Hall–Kier alpha value is -8.60. The third kappa shape index (κ3) is 4.99. The third-order valence-electron chi connectivity index (χ3n) is 13.5. The fourth-order valence-electron chi connectivity index (χ4n) is 10.6. The fourth-order valence-corrected chi connectivity index (χ4v) is 10.6. The van der Waals surface area contributed by atoms with Gasteiger partial charge in [0.25, 0.3) is 0 Å². The van der Waals surface area contributed by atoms with E-state index in [1.165, 1.54) is 71.1 Å². The molecule has 0 bridgehead atoms. The minimum atomic E-state index is 0.906. The van der Waals surface area contributed by atoms with Gasteiger partial charge in [-0.25, -0.2) is 0 Å². The van der Waals surface area contributed by atoms with E-state index in [0.717, 1.165) is 55.6 Å². The Morgan fingerprint density at radius 3 is 1.50 bits per heavy atom. The molecule has 0 fully saturated rings. The van der Waals surface area contributed by atoms with Crippen molar-refractivity contribution >= 4 is 87.4 Å². The first-order valence-electron chi connectivity index (χ1n) is 21.9. The summed E-state index contributed by atoms with van der Waals surface area (Å²) in [6.07, 6.45) is 0. The second-order valence-electron chi connectivity index (χ2n) is 16.9. The molecule has 4 aromatic heterocycles. The van der Waals surface area contributed by atoms with E-state index in [2.05, 4.69) is 232 Å².